The van der Waals surface area contributed by atoms with E-state index >= 15 is 0 Å². The normalized spacial score (nSPS) is 17.1. The monoisotopic (exact) mass is 334 g/mol. The number of ether oxygens (including phenoxy) is 1. The van der Waals surface area contributed by atoms with Gasteiger partial charge in [0.2, 0.25) is 0 Å². The van der Waals surface area contributed by atoms with E-state index < -0.39 is 0 Å². The molecule has 8 nitrogen and oxygen atoms in total. The Balaban J connectivity index is 1.43. The zero-order valence-electron chi connectivity index (χ0n) is 12.5. The van der Waals surface area contributed by atoms with E-state index in [9.17, 15) is 4.79 Å². The molecule has 2 aromatic rings. The minimum Gasteiger partial charge on any atom is -0.376 e. The van der Waals surface area contributed by atoms with Gasteiger partial charge in [-0.15, -0.1) is 5.10 Å². The molecule has 0 unspecified atom stereocenters. The molecule has 2 heterocycles. The van der Waals surface area contributed by atoms with Gasteiger partial charge in [-0.3, -0.25) is 15.6 Å². The van der Waals surface area contributed by atoms with E-state index in [4.69, 9.17) is 17.0 Å². The van der Waals surface area contributed by atoms with E-state index in [1.165, 1.54) is 4.68 Å². The number of aromatic nitrogens is 3. The molecule has 0 aliphatic carbocycles. The van der Waals surface area contributed by atoms with Crippen LogP contribution in [0.1, 0.15) is 12.8 Å². The number of hydrazine groups is 1. The van der Waals surface area contributed by atoms with Crippen molar-refractivity contribution < 1.29 is 9.53 Å². The molecule has 1 amide bonds. The Morgan fingerprint density at radius 3 is 3.09 bits per heavy atom. The van der Waals surface area contributed by atoms with Crippen LogP contribution in [0.15, 0.2) is 24.3 Å². The number of hydrogen-bond donors (Lipinski definition) is 3. The third-order valence-corrected chi connectivity index (χ3v) is 3.79. The van der Waals surface area contributed by atoms with Crippen molar-refractivity contribution in [3.63, 3.8) is 0 Å². The van der Waals surface area contributed by atoms with Crippen molar-refractivity contribution in [1.82, 2.24) is 31.2 Å². The summed E-state index contributed by atoms with van der Waals surface area (Å²) in [5, 5.41) is 11.3. The molecule has 1 aromatic carbocycles. The fourth-order valence-electron chi connectivity index (χ4n) is 2.39. The third-order valence-electron chi connectivity index (χ3n) is 3.54. The summed E-state index contributed by atoms with van der Waals surface area (Å²) >= 11 is 5.10. The molecule has 3 rings (SSSR count). The molecule has 0 saturated carbocycles. The Morgan fingerprint density at radius 2 is 2.26 bits per heavy atom. The van der Waals surface area contributed by atoms with Crippen LogP contribution in [0.5, 0.6) is 0 Å². The number of hydrogen-bond acceptors (Lipinski definition) is 5. The first-order valence-electron chi connectivity index (χ1n) is 7.45. The minimum atomic E-state index is -0.262. The molecular weight excluding hydrogens is 316 g/mol. The Kier molecular flexibility index (Phi) is 4.99. The molecule has 9 heteroatoms. The number of para-hydroxylation sites is 1. The second kappa shape index (κ2) is 7.34. The second-order valence-corrected chi connectivity index (χ2v) is 5.66. The predicted molar refractivity (Wildman–Crippen MR) is 88.4 cm³/mol. The number of amides is 1. The lowest BCUT2D eigenvalue weighted by molar-refractivity contribution is -0.122. The molecule has 1 saturated heterocycles. The van der Waals surface area contributed by atoms with E-state index in [-0.39, 0.29) is 18.6 Å². The number of carbonyl (C=O) groups excluding carboxylic acids is 1. The zero-order valence-corrected chi connectivity index (χ0v) is 13.3. The molecule has 0 spiro atoms. The van der Waals surface area contributed by atoms with Gasteiger partial charge in [0, 0.05) is 13.2 Å². The summed E-state index contributed by atoms with van der Waals surface area (Å²) in [6.07, 6.45) is 2.29. The SMILES string of the molecule is O=C(Cn1nnc2ccccc21)NNC(=S)NC[C@@H]1CCCO1. The first-order chi connectivity index (χ1) is 11.2. The van der Waals surface area contributed by atoms with Crippen molar-refractivity contribution in [2.24, 2.45) is 0 Å². The van der Waals surface area contributed by atoms with Crippen molar-refractivity contribution in [2.75, 3.05) is 13.2 Å². The number of thiocarbonyl (C=S) groups is 1. The van der Waals surface area contributed by atoms with Gasteiger partial charge in [0.05, 0.1) is 11.6 Å². The van der Waals surface area contributed by atoms with Crippen LogP contribution in [0.2, 0.25) is 0 Å². The molecule has 1 aliphatic rings. The largest absolute Gasteiger partial charge is 0.376 e. The highest BCUT2D eigenvalue weighted by Crippen LogP contribution is 2.10. The van der Waals surface area contributed by atoms with Gasteiger partial charge in [0.25, 0.3) is 5.91 Å². The molecule has 1 atom stereocenters. The van der Waals surface area contributed by atoms with Crippen molar-refractivity contribution in [2.45, 2.75) is 25.5 Å². The van der Waals surface area contributed by atoms with Crippen LogP contribution in [-0.2, 0) is 16.1 Å². The standard InChI is InChI=1S/C14H18N6O2S/c21-13(9-20-12-6-2-1-5-11(12)16-19-20)17-18-14(23)15-8-10-4-3-7-22-10/h1-2,5-6,10H,3-4,7-9H2,(H,17,21)(H2,15,18,23)/t10-/m0/s1. The Bertz CT molecular complexity index is 697. The van der Waals surface area contributed by atoms with E-state index in [1.54, 1.807) is 0 Å². The van der Waals surface area contributed by atoms with Gasteiger partial charge in [-0.2, -0.15) is 0 Å². The number of nitrogens with one attached hydrogen (secondary N) is 3. The minimum absolute atomic E-state index is 0.0574. The van der Waals surface area contributed by atoms with Crippen LogP contribution < -0.4 is 16.2 Å². The number of benzene rings is 1. The molecule has 1 aromatic heterocycles. The Hall–Kier alpha value is -2.26. The van der Waals surface area contributed by atoms with Gasteiger partial charge < -0.3 is 10.1 Å². The van der Waals surface area contributed by atoms with E-state index in [0.29, 0.717) is 11.7 Å². The quantitative estimate of drug-likeness (QED) is 0.539. The molecular formula is C14H18N6O2S. The fraction of sp³-hybridized carbons (Fsp3) is 0.429. The van der Waals surface area contributed by atoms with Crippen molar-refractivity contribution >= 4 is 34.3 Å². The second-order valence-electron chi connectivity index (χ2n) is 5.25. The molecule has 23 heavy (non-hydrogen) atoms. The summed E-state index contributed by atoms with van der Waals surface area (Å²) in [5.41, 5.74) is 6.77. The first kappa shape index (κ1) is 15.6. The summed E-state index contributed by atoms with van der Waals surface area (Å²) < 4.78 is 7.02. The van der Waals surface area contributed by atoms with Crippen LogP contribution in [0.3, 0.4) is 0 Å². The highest BCUT2D eigenvalue weighted by molar-refractivity contribution is 7.80. The lowest BCUT2D eigenvalue weighted by Crippen LogP contribution is -2.49. The maximum absolute atomic E-state index is 11.9. The Morgan fingerprint density at radius 1 is 1.39 bits per heavy atom. The maximum Gasteiger partial charge on any atom is 0.260 e. The van der Waals surface area contributed by atoms with Gasteiger partial charge >= 0.3 is 0 Å². The highest BCUT2D eigenvalue weighted by Gasteiger charge is 2.15. The zero-order chi connectivity index (χ0) is 16.1. The van der Waals surface area contributed by atoms with Gasteiger partial charge in [-0.1, -0.05) is 17.3 Å². The maximum atomic E-state index is 11.9. The topological polar surface area (TPSA) is 93.1 Å². The molecule has 122 valence electrons. The van der Waals surface area contributed by atoms with Gasteiger partial charge in [0.1, 0.15) is 12.1 Å². The van der Waals surface area contributed by atoms with Crippen LogP contribution >= 0.6 is 12.2 Å². The van der Waals surface area contributed by atoms with Crippen LogP contribution in [0, 0.1) is 0 Å². The molecule has 1 aliphatic heterocycles. The van der Waals surface area contributed by atoms with Crippen molar-refractivity contribution in [3.8, 4) is 0 Å². The summed E-state index contributed by atoms with van der Waals surface area (Å²) in [7, 11) is 0. The summed E-state index contributed by atoms with van der Waals surface area (Å²) in [4.78, 5) is 11.9. The molecule has 0 bridgehead atoms. The van der Waals surface area contributed by atoms with Crippen molar-refractivity contribution in [1.29, 1.82) is 0 Å². The van der Waals surface area contributed by atoms with Gasteiger partial charge in [-0.25, -0.2) is 4.68 Å². The predicted octanol–water partition coefficient (Wildman–Crippen LogP) is 0.106. The number of carbonyl (C=O) groups is 1. The fourth-order valence-corrected chi connectivity index (χ4v) is 2.53. The summed E-state index contributed by atoms with van der Waals surface area (Å²) in [5.74, 6) is -0.262. The van der Waals surface area contributed by atoms with Crippen LogP contribution in [0.25, 0.3) is 11.0 Å². The number of nitrogens with zero attached hydrogens (tertiary/aromatic N) is 3. The molecule has 3 N–H and O–H groups in total. The highest BCUT2D eigenvalue weighted by atomic mass is 32.1. The third kappa shape index (κ3) is 4.14. The van der Waals surface area contributed by atoms with Gasteiger partial charge in [-0.05, 0) is 37.2 Å². The lowest BCUT2D eigenvalue weighted by atomic mass is 10.2. The summed E-state index contributed by atoms with van der Waals surface area (Å²) in [6, 6.07) is 7.46. The molecule has 0 radical (unpaired) electrons. The van der Waals surface area contributed by atoms with E-state index in [1.807, 2.05) is 24.3 Å². The lowest BCUT2D eigenvalue weighted by Gasteiger charge is -2.14. The van der Waals surface area contributed by atoms with Gasteiger partial charge in [0.15, 0.2) is 5.11 Å². The average molecular weight is 334 g/mol. The van der Waals surface area contributed by atoms with E-state index in [2.05, 4.69) is 26.5 Å². The Labute approximate surface area is 138 Å². The van der Waals surface area contributed by atoms with Crippen LogP contribution in [0.4, 0.5) is 0 Å². The van der Waals surface area contributed by atoms with Crippen molar-refractivity contribution in [3.05, 3.63) is 24.3 Å². The summed E-state index contributed by atoms with van der Waals surface area (Å²) in [6.45, 7) is 1.49. The molecule has 1 fully saturated rings. The number of fused-ring (bicyclic) bond motifs is 1. The van der Waals surface area contributed by atoms with Crippen LogP contribution in [-0.4, -0.2) is 45.3 Å². The number of rotatable bonds is 4. The average Bonchev–Trinajstić information content (AvgIpc) is 3.21. The van der Waals surface area contributed by atoms with E-state index in [0.717, 1.165) is 30.5 Å². The first-order valence-corrected chi connectivity index (χ1v) is 7.86. The smallest absolute Gasteiger partial charge is 0.260 e.